The maximum Gasteiger partial charge on any atom is 0.419 e. The van der Waals surface area contributed by atoms with Crippen molar-refractivity contribution in [3.63, 3.8) is 0 Å². The molecule has 0 heterocycles. The number of nitrogens with two attached hydrogens (primary N) is 1. The van der Waals surface area contributed by atoms with E-state index in [9.17, 15) is 13.2 Å². The van der Waals surface area contributed by atoms with E-state index in [1.807, 2.05) is 0 Å². The zero-order valence-electron chi connectivity index (χ0n) is 8.50. The second-order valence-corrected chi connectivity index (χ2v) is 3.97. The summed E-state index contributed by atoms with van der Waals surface area (Å²) in [5.74, 6) is -0.105. The van der Waals surface area contributed by atoms with Crippen LogP contribution in [0.15, 0.2) is 24.3 Å². The first-order valence-corrected chi connectivity index (χ1v) is 5.05. The maximum absolute atomic E-state index is 12.6. The SMILES string of the molecule is NC1CC(Oc2ccccc2C(F)(F)F)C1. The highest BCUT2D eigenvalue weighted by molar-refractivity contribution is 5.35. The van der Waals surface area contributed by atoms with Gasteiger partial charge in [0.25, 0.3) is 0 Å². The summed E-state index contributed by atoms with van der Waals surface area (Å²) in [6.45, 7) is 0. The fraction of sp³-hybridized carbons (Fsp3) is 0.455. The molecule has 0 radical (unpaired) electrons. The van der Waals surface area contributed by atoms with E-state index in [0.717, 1.165) is 6.07 Å². The average molecular weight is 231 g/mol. The maximum atomic E-state index is 12.6. The minimum atomic E-state index is -4.37. The summed E-state index contributed by atoms with van der Waals surface area (Å²) < 4.78 is 43.1. The first-order valence-electron chi connectivity index (χ1n) is 5.05. The van der Waals surface area contributed by atoms with Crippen molar-refractivity contribution < 1.29 is 17.9 Å². The van der Waals surface area contributed by atoms with Crippen molar-refractivity contribution in [1.82, 2.24) is 0 Å². The molecule has 16 heavy (non-hydrogen) atoms. The number of ether oxygens (including phenoxy) is 1. The highest BCUT2D eigenvalue weighted by Gasteiger charge is 2.36. The molecule has 1 saturated carbocycles. The van der Waals surface area contributed by atoms with Gasteiger partial charge in [0.15, 0.2) is 0 Å². The lowest BCUT2D eigenvalue weighted by Gasteiger charge is -2.33. The standard InChI is InChI=1S/C11H12F3NO/c12-11(13,14)9-3-1-2-4-10(9)16-8-5-7(15)6-8/h1-4,7-8H,5-6,15H2. The van der Waals surface area contributed by atoms with Gasteiger partial charge in [-0.25, -0.2) is 0 Å². The van der Waals surface area contributed by atoms with Gasteiger partial charge in [-0.1, -0.05) is 12.1 Å². The molecule has 0 atom stereocenters. The number of alkyl halides is 3. The van der Waals surface area contributed by atoms with E-state index in [-0.39, 0.29) is 17.9 Å². The molecule has 2 nitrogen and oxygen atoms in total. The Bertz CT molecular complexity index is 372. The van der Waals surface area contributed by atoms with E-state index in [2.05, 4.69) is 0 Å². The zero-order chi connectivity index (χ0) is 11.8. The smallest absolute Gasteiger partial charge is 0.419 e. The second-order valence-electron chi connectivity index (χ2n) is 3.97. The van der Waals surface area contributed by atoms with E-state index in [0.29, 0.717) is 12.8 Å². The number of benzene rings is 1. The Hall–Kier alpha value is -1.23. The first kappa shape index (κ1) is 11.3. The summed E-state index contributed by atoms with van der Waals surface area (Å²) in [5.41, 5.74) is 4.82. The van der Waals surface area contributed by atoms with Crippen LogP contribution in [-0.4, -0.2) is 12.1 Å². The van der Waals surface area contributed by atoms with Crippen LogP contribution < -0.4 is 10.5 Å². The molecule has 0 unspecified atom stereocenters. The van der Waals surface area contributed by atoms with Gasteiger partial charge in [0.1, 0.15) is 11.9 Å². The minimum absolute atomic E-state index is 0.0584. The van der Waals surface area contributed by atoms with Crippen LogP contribution in [0.2, 0.25) is 0 Å². The van der Waals surface area contributed by atoms with Crippen LogP contribution >= 0.6 is 0 Å². The monoisotopic (exact) mass is 231 g/mol. The Morgan fingerprint density at radius 3 is 2.38 bits per heavy atom. The third-order valence-corrected chi connectivity index (χ3v) is 2.62. The predicted molar refractivity (Wildman–Crippen MR) is 53.1 cm³/mol. The lowest BCUT2D eigenvalue weighted by molar-refractivity contribution is -0.139. The molecule has 0 saturated heterocycles. The Morgan fingerprint density at radius 2 is 1.81 bits per heavy atom. The van der Waals surface area contributed by atoms with Gasteiger partial charge in [0.2, 0.25) is 0 Å². The molecule has 1 aliphatic carbocycles. The van der Waals surface area contributed by atoms with E-state index < -0.39 is 11.7 Å². The van der Waals surface area contributed by atoms with E-state index in [4.69, 9.17) is 10.5 Å². The summed E-state index contributed by atoms with van der Waals surface area (Å²) in [7, 11) is 0. The first-order chi connectivity index (χ1) is 7.47. The van der Waals surface area contributed by atoms with Crippen molar-refractivity contribution in [3.05, 3.63) is 29.8 Å². The van der Waals surface area contributed by atoms with Crippen molar-refractivity contribution in [2.24, 2.45) is 5.73 Å². The van der Waals surface area contributed by atoms with Gasteiger partial charge in [-0.3, -0.25) is 0 Å². The molecule has 0 aromatic heterocycles. The molecule has 0 spiro atoms. The van der Waals surface area contributed by atoms with Crippen molar-refractivity contribution >= 4 is 0 Å². The van der Waals surface area contributed by atoms with Gasteiger partial charge < -0.3 is 10.5 Å². The number of hydrogen-bond donors (Lipinski definition) is 1. The zero-order valence-corrected chi connectivity index (χ0v) is 8.50. The van der Waals surface area contributed by atoms with Crippen molar-refractivity contribution in [3.8, 4) is 5.75 Å². The van der Waals surface area contributed by atoms with Crippen LogP contribution in [0.3, 0.4) is 0 Å². The Labute approximate surface area is 91.2 Å². The largest absolute Gasteiger partial charge is 0.490 e. The van der Waals surface area contributed by atoms with Gasteiger partial charge in [-0.05, 0) is 25.0 Å². The molecule has 2 rings (SSSR count). The number of halogens is 3. The van der Waals surface area contributed by atoms with Crippen LogP contribution in [0, 0.1) is 0 Å². The van der Waals surface area contributed by atoms with Gasteiger partial charge >= 0.3 is 6.18 Å². The van der Waals surface area contributed by atoms with Crippen molar-refractivity contribution in [1.29, 1.82) is 0 Å². The van der Waals surface area contributed by atoms with E-state index in [1.54, 1.807) is 0 Å². The fourth-order valence-electron chi connectivity index (χ4n) is 1.69. The number of hydrogen-bond acceptors (Lipinski definition) is 2. The highest BCUT2D eigenvalue weighted by Crippen LogP contribution is 2.37. The third kappa shape index (κ3) is 2.29. The van der Waals surface area contributed by atoms with Gasteiger partial charge in [0, 0.05) is 6.04 Å². The second kappa shape index (κ2) is 3.97. The summed E-state index contributed by atoms with van der Waals surface area (Å²) in [4.78, 5) is 0. The quantitative estimate of drug-likeness (QED) is 0.849. The van der Waals surface area contributed by atoms with Crippen molar-refractivity contribution in [2.75, 3.05) is 0 Å². The molecule has 0 bridgehead atoms. The highest BCUT2D eigenvalue weighted by atomic mass is 19.4. The van der Waals surface area contributed by atoms with E-state index in [1.165, 1.54) is 18.2 Å². The van der Waals surface area contributed by atoms with Crippen LogP contribution in [0.4, 0.5) is 13.2 Å². The molecular weight excluding hydrogens is 219 g/mol. The molecule has 1 aromatic carbocycles. The van der Waals surface area contributed by atoms with Crippen LogP contribution in [0.1, 0.15) is 18.4 Å². The summed E-state index contributed by atoms with van der Waals surface area (Å²) in [6.07, 6.45) is -3.32. The van der Waals surface area contributed by atoms with Crippen LogP contribution in [0.25, 0.3) is 0 Å². The van der Waals surface area contributed by atoms with Gasteiger partial charge in [-0.2, -0.15) is 13.2 Å². The number of para-hydroxylation sites is 1. The van der Waals surface area contributed by atoms with Crippen molar-refractivity contribution in [2.45, 2.75) is 31.2 Å². The molecule has 0 amide bonds. The molecule has 5 heteroatoms. The Kier molecular flexibility index (Phi) is 2.80. The van der Waals surface area contributed by atoms with Gasteiger partial charge in [-0.15, -0.1) is 0 Å². The molecule has 1 fully saturated rings. The molecule has 1 aliphatic rings. The van der Waals surface area contributed by atoms with Crippen LogP contribution in [-0.2, 0) is 6.18 Å². The van der Waals surface area contributed by atoms with Gasteiger partial charge in [0.05, 0.1) is 5.56 Å². The number of rotatable bonds is 2. The predicted octanol–water partition coefficient (Wildman–Crippen LogP) is 2.57. The van der Waals surface area contributed by atoms with Crippen LogP contribution in [0.5, 0.6) is 5.75 Å². The molecule has 88 valence electrons. The molecule has 0 aliphatic heterocycles. The Balaban J connectivity index is 2.14. The molecule has 2 N–H and O–H groups in total. The third-order valence-electron chi connectivity index (χ3n) is 2.62. The minimum Gasteiger partial charge on any atom is -0.490 e. The lowest BCUT2D eigenvalue weighted by atomic mass is 9.90. The topological polar surface area (TPSA) is 35.2 Å². The summed E-state index contributed by atoms with van der Waals surface area (Å²) >= 11 is 0. The molecule has 1 aromatic rings. The molecular formula is C11H12F3NO. The lowest BCUT2D eigenvalue weighted by Crippen LogP contribution is -2.43. The Morgan fingerprint density at radius 1 is 1.19 bits per heavy atom. The fourth-order valence-corrected chi connectivity index (χ4v) is 1.69. The summed E-state index contributed by atoms with van der Waals surface area (Å²) in [5, 5.41) is 0. The van der Waals surface area contributed by atoms with E-state index >= 15 is 0 Å². The average Bonchev–Trinajstić information content (AvgIpc) is 2.14. The normalized spacial score (nSPS) is 25.0. The summed E-state index contributed by atoms with van der Waals surface area (Å²) in [6, 6.07) is 5.30.